The molecule has 0 spiro atoms. The van der Waals surface area contributed by atoms with Crippen molar-refractivity contribution in [2.24, 2.45) is 0 Å². The SMILES string of the molecule is OC(CNCC1=Cc2cc(Cl)ccc2OC1)c1ccccc1F. The first-order valence-corrected chi connectivity index (χ1v) is 7.76. The molecule has 3 nitrogen and oxygen atoms in total. The van der Waals surface area contributed by atoms with Crippen LogP contribution in [0.15, 0.2) is 48.0 Å². The molecule has 0 saturated carbocycles. The Kier molecular flexibility index (Phi) is 4.96. The lowest BCUT2D eigenvalue weighted by atomic mass is 10.1. The van der Waals surface area contributed by atoms with Gasteiger partial charge in [-0.25, -0.2) is 4.39 Å². The van der Waals surface area contributed by atoms with Crippen molar-refractivity contribution in [1.82, 2.24) is 5.32 Å². The average Bonchev–Trinajstić information content (AvgIpc) is 2.54. The van der Waals surface area contributed by atoms with Crippen molar-refractivity contribution in [2.75, 3.05) is 19.7 Å². The highest BCUT2D eigenvalue weighted by Crippen LogP contribution is 2.28. The zero-order valence-electron chi connectivity index (χ0n) is 12.4. The van der Waals surface area contributed by atoms with Crippen LogP contribution < -0.4 is 10.1 Å². The van der Waals surface area contributed by atoms with E-state index in [1.165, 1.54) is 6.07 Å². The monoisotopic (exact) mass is 333 g/mol. The fraction of sp³-hybridized carbons (Fsp3) is 0.222. The number of aliphatic hydroxyl groups excluding tert-OH is 1. The topological polar surface area (TPSA) is 41.5 Å². The molecule has 0 amide bonds. The summed E-state index contributed by atoms with van der Waals surface area (Å²) >= 11 is 5.98. The second-order valence-corrected chi connectivity index (χ2v) is 5.88. The van der Waals surface area contributed by atoms with Gasteiger partial charge < -0.3 is 15.2 Å². The number of halogens is 2. The predicted octanol–water partition coefficient (Wildman–Crippen LogP) is 3.58. The molecule has 5 heteroatoms. The molecule has 2 aromatic rings. The van der Waals surface area contributed by atoms with Crippen molar-refractivity contribution >= 4 is 17.7 Å². The summed E-state index contributed by atoms with van der Waals surface area (Å²) in [5, 5.41) is 13.8. The van der Waals surface area contributed by atoms with Crippen LogP contribution in [0.3, 0.4) is 0 Å². The maximum Gasteiger partial charge on any atom is 0.129 e. The smallest absolute Gasteiger partial charge is 0.129 e. The molecule has 0 saturated heterocycles. The zero-order chi connectivity index (χ0) is 16.2. The Bertz CT molecular complexity index is 733. The maximum atomic E-state index is 13.6. The highest BCUT2D eigenvalue weighted by atomic mass is 35.5. The second kappa shape index (κ2) is 7.13. The van der Waals surface area contributed by atoms with Crippen LogP contribution in [0.4, 0.5) is 4.39 Å². The van der Waals surface area contributed by atoms with Crippen molar-refractivity contribution in [1.29, 1.82) is 0 Å². The van der Waals surface area contributed by atoms with Crippen LogP contribution in [0.5, 0.6) is 5.75 Å². The third-order valence-corrected chi connectivity index (χ3v) is 3.93. The Balaban J connectivity index is 1.58. The quantitative estimate of drug-likeness (QED) is 0.878. The first-order chi connectivity index (χ1) is 11.1. The highest BCUT2D eigenvalue weighted by Gasteiger charge is 2.14. The minimum atomic E-state index is -0.886. The standard InChI is InChI=1S/C18H17ClFNO2/c19-14-5-6-18-13(8-14)7-12(11-23-18)9-21-10-17(22)15-3-1-2-4-16(15)20/h1-8,17,21-22H,9-11H2. The summed E-state index contributed by atoms with van der Waals surface area (Å²) in [7, 11) is 0. The van der Waals surface area contributed by atoms with Crippen molar-refractivity contribution in [3.63, 3.8) is 0 Å². The molecule has 0 bridgehead atoms. The summed E-state index contributed by atoms with van der Waals surface area (Å²) in [5.41, 5.74) is 2.28. The first-order valence-electron chi connectivity index (χ1n) is 7.38. The second-order valence-electron chi connectivity index (χ2n) is 5.44. The van der Waals surface area contributed by atoms with Gasteiger partial charge in [-0.2, -0.15) is 0 Å². The number of hydrogen-bond donors (Lipinski definition) is 2. The molecule has 0 radical (unpaired) electrons. The fourth-order valence-electron chi connectivity index (χ4n) is 2.52. The van der Waals surface area contributed by atoms with Gasteiger partial charge in [-0.05, 0) is 35.9 Å². The Hall–Kier alpha value is -1.88. The molecule has 3 rings (SSSR count). The zero-order valence-corrected chi connectivity index (χ0v) is 13.2. The van der Waals surface area contributed by atoms with Gasteiger partial charge in [0, 0.05) is 29.2 Å². The molecule has 120 valence electrons. The molecule has 0 aromatic heterocycles. The summed E-state index contributed by atoms with van der Waals surface area (Å²) in [6.07, 6.45) is 1.13. The van der Waals surface area contributed by atoms with Crippen LogP contribution in [0, 0.1) is 5.82 Å². The first kappa shape index (κ1) is 16.0. The number of ether oxygens (including phenoxy) is 1. The number of benzene rings is 2. The van der Waals surface area contributed by atoms with E-state index >= 15 is 0 Å². The Morgan fingerprint density at radius 1 is 1.26 bits per heavy atom. The van der Waals surface area contributed by atoms with Gasteiger partial charge in [0.15, 0.2) is 0 Å². The fourth-order valence-corrected chi connectivity index (χ4v) is 2.70. The summed E-state index contributed by atoms with van der Waals surface area (Å²) in [5.74, 6) is 0.412. The van der Waals surface area contributed by atoms with Gasteiger partial charge in [-0.1, -0.05) is 29.8 Å². The van der Waals surface area contributed by atoms with Crippen LogP contribution in [0.25, 0.3) is 6.08 Å². The van der Waals surface area contributed by atoms with Crippen molar-refractivity contribution in [3.05, 3.63) is 70.0 Å². The average molecular weight is 334 g/mol. The van der Waals surface area contributed by atoms with Gasteiger partial charge in [-0.15, -0.1) is 0 Å². The Morgan fingerprint density at radius 2 is 2.09 bits per heavy atom. The molecular weight excluding hydrogens is 317 g/mol. The van der Waals surface area contributed by atoms with Crippen LogP contribution in [0.2, 0.25) is 5.02 Å². The molecule has 2 N–H and O–H groups in total. The largest absolute Gasteiger partial charge is 0.489 e. The molecule has 1 heterocycles. The van der Waals surface area contributed by atoms with E-state index in [2.05, 4.69) is 5.32 Å². The van der Waals surface area contributed by atoms with Crippen LogP contribution in [-0.4, -0.2) is 24.8 Å². The normalized spacial score (nSPS) is 14.7. The molecule has 1 aliphatic heterocycles. The van der Waals surface area contributed by atoms with E-state index in [9.17, 15) is 9.50 Å². The highest BCUT2D eigenvalue weighted by molar-refractivity contribution is 6.30. The van der Waals surface area contributed by atoms with Gasteiger partial charge in [0.2, 0.25) is 0 Å². The maximum absolute atomic E-state index is 13.6. The van der Waals surface area contributed by atoms with Crippen molar-refractivity contribution in [2.45, 2.75) is 6.10 Å². The molecule has 23 heavy (non-hydrogen) atoms. The van der Waals surface area contributed by atoms with Gasteiger partial charge in [-0.3, -0.25) is 0 Å². The third-order valence-electron chi connectivity index (χ3n) is 3.70. The molecule has 0 fully saturated rings. The number of aliphatic hydroxyl groups is 1. The molecular formula is C18H17ClFNO2. The molecule has 1 unspecified atom stereocenters. The lowest BCUT2D eigenvalue weighted by Crippen LogP contribution is -2.26. The number of rotatable bonds is 5. The number of nitrogens with one attached hydrogen (secondary N) is 1. The summed E-state index contributed by atoms with van der Waals surface area (Å²) in [4.78, 5) is 0. The van der Waals surface area contributed by atoms with E-state index in [0.717, 1.165) is 16.9 Å². The van der Waals surface area contributed by atoms with E-state index < -0.39 is 11.9 Å². The number of hydrogen-bond acceptors (Lipinski definition) is 3. The summed E-state index contributed by atoms with van der Waals surface area (Å²) < 4.78 is 19.3. The van der Waals surface area contributed by atoms with Crippen LogP contribution >= 0.6 is 11.6 Å². The summed E-state index contributed by atoms with van der Waals surface area (Å²) in [6.45, 7) is 1.30. The van der Waals surface area contributed by atoms with Gasteiger partial charge in [0.05, 0.1) is 6.10 Å². The van der Waals surface area contributed by atoms with E-state index in [1.54, 1.807) is 24.3 Å². The van der Waals surface area contributed by atoms with E-state index in [0.29, 0.717) is 23.7 Å². The minimum Gasteiger partial charge on any atom is -0.489 e. The van der Waals surface area contributed by atoms with E-state index in [4.69, 9.17) is 16.3 Å². The van der Waals surface area contributed by atoms with Crippen LogP contribution in [0.1, 0.15) is 17.2 Å². The predicted molar refractivity (Wildman–Crippen MR) is 89.2 cm³/mol. The third kappa shape index (κ3) is 3.91. The van der Waals surface area contributed by atoms with E-state index in [1.807, 2.05) is 18.2 Å². The molecule has 1 aliphatic rings. The minimum absolute atomic E-state index is 0.265. The van der Waals surface area contributed by atoms with Gasteiger partial charge in [0.1, 0.15) is 18.2 Å². The van der Waals surface area contributed by atoms with Crippen molar-refractivity contribution < 1.29 is 14.2 Å². The summed E-state index contributed by atoms with van der Waals surface area (Å²) in [6, 6.07) is 11.7. The van der Waals surface area contributed by atoms with Gasteiger partial charge >= 0.3 is 0 Å². The lowest BCUT2D eigenvalue weighted by Gasteiger charge is -2.19. The Morgan fingerprint density at radius 3 is 2.91 bits per heavy atom. The van der Waals surface area contributed by atoms with Crippen molar-refractivity contribution in [3.8, 4) is 5.75 Å². The van der Waals surface area contributed by atoms with E-state index in [-0.39, 0.29) is 6.54 Å². The van der Waals surface area contributed by atoms with Crippen LogP contribution in [-0.2, 0) is 0 Å². The number of fused-ring (bicyclic) bond motifs is 1. The Labute approximate surface area is 139 Å². The molecule has 0 aliphatic carbocycles. The van der Waals surface area contributed by atoms with Gasteiger partial charge in [0.25, 0.3) is 0 Å². The lowest BCUT2D eigenvalue weighted by molar-refractivity contribution is 0.171. The molecule has 1 atom stereocenters. The molecule has 2 aromatic carbocycles.